The van der Waals surface area contributed by atoms with E-state index in [0.29, 0.717) is 12.0 Å². The van der Waals surface area contributed by atoms with Crippen LogP contribution < -0.4 is 5.32 Å². The van der Waals surface area contributed by atoms with E-state index < -0.39 is 12.0 Å². The molecule has 0 spiro atoms. The van der Waals surface area contributed by atoms with Gasteiger partial charge in [-0.1, -0.05) is 53.7 Å². The van der Waals surface area contributed by atoms with Crippen molar-refractivity contribution in [1.29, 1.82) is 0 Å². The molecule has 1 atom stereocenters. The van der Waals surface area contributed by atoms with Crippen LogP contribution in [0.4, 0.5) is 0 Å². The van der Waals surface area contributed by atoms with Gasteiger partial charge in [-0.05, 0) is 41.4 Å². The van der Waals surface area contributed by atoms with E-state index in [1.54, 1.807) is 12.1 Å². The second-order valence-corrected chi connectivity index (χ2v) is 8.29. The Morgan fingerprint density at radius 1 is 1.04 bits per heavy atom. The summed E-state index contributed by atoms with van der Waals surface area (Å²) in [6.45, 7) is 12.5. The molecule has 0 heterocycles. The fraction of sp³-hybridized carbons (Fsp3) is 0.579. The van der Waals surface area contributed by atoms with Crippen LogP contribution in [0.3, 0.4) is 0 Å². The molecule has 0 saturated heterocycles. The highest BCUT2D eigenvalue weighted by Crippen LogP contribution is 2.23. The molecular formula is C19H29NO3. The Morgan fingerprint density at radius 3 is 1.96 bits per heavy atom. The third-order valence-electron chi connectivity index (χ3n) is 3.80. The molecule has 1 rings (SSSR count). The first-order valence-electron chi connectivity index (χ1n) is 8.04. The maximum Gasteiger partial charge on any atom is 0.326 e. The van der Waals surface area contributed by atoms with Gasteiger partial charge in [0.1, 0.15) is 6.04 Å². The van der Waals surface area contributed by atoms with Crippen molar-refractivity contribution in [3.8, 4) is 0 Å². The summed E-state index contributed by atoms with van der Waals surface area (Å²) < 4.78 is 0. The summed E-state index contributed by atoms with van der Waals surface area (Å²) >= 11 is 0. The molecule has 128 valence electrons. The highest BCUT2D eigenvalue weighted by Gasteiger charge is 2.23. The van der Waals surface area contributed by atoms with Crippen molar-refractivity contribution in [2.24, 2.45) is 5.41 Å². The first-order valence-corrected chi connectivity index (χ1v) is 8.04. The number of rotatable bonds is 5. The van der Waals surface area contributed by atoms with Crippen molar-refractivity contribution in [3.05, 3.63) is 35.4 Å². The van der Waals surface area contributed by atoms with E-state index in [1.807, 2.05) is 12.1 Å². The smallest absolute Gasteiger partial charge is 0.326 e. The highest BCUT2D eigenvalue weighted by molar-refractivity contribution is 5.96. The topological polar surface area (TPSA) is 66.4 Å². The molecule has 0 aliphatic rings. The zero-order valence-electron chi connectivity index (χ0n) is 15.1. The Morgan fingerprint density at radius 2 is 1.57 bits per heavy atom. The van der Waals surface area contributed by atoms with Gasteiger partial charge in [0.2, 0.25) is 0 Å². The number of carboxylic acid groups (broad SMARTS) is 1. The maximum absolute atomic E-state index is 12.3. The van der Waals surface area contributed by atoms with Crippen LogP contribution in [-0.2, 0) is 10.2 Å². The second kappa shape index (κ2) is 7.16. The average molecular weight is 319 g/mol. The molecule has 0 aliphatic carbocycles. The fourth-order valence-electron chi connectivity index (χ4n) is 2.20. The van der Waals surface area contributed by atoms with Gasteiger partial charge in [0, 0.05) is 5.56 Å². The van der Waals surface area contributed by atoms with Gasteiger partial charge in [-0.2, -0.15) is 0 Å². The van der Waals surface area contributed by atoms with Crippen LogP contribution in [0.25, 0.3) is 0 Å². The van der Waals surface area contributed by atoms with Crippen molar-refractivity contribution in [1.82, 2.24) is 5.32 Å². The predicted molar refractivity (Wildman–Crippen MR) is 92.7 cm³/mol. The standard InChI is InChI=1S/C19H29NO3/c1-18(2,3)12-11-15(17(22)23)20-16(21)13-7-9-14(10-8-13)19(4,5)6/h7-10,15H,11-12H2,1-6H3,(H,20,21)(H,22,23). The van der Waals surface area contributed by atoms with Crippen molar-refractivity contribution in [3.63, 3.8) is 0 Å². The average Bonchev–Trinajstić information content (AvgIpc) is 2.41. The first-order chi connectivity index (χ1) is 10.4. The fourth-order valence-corrected chi connectivity index (χ4v) is 2.20. The summed E-state index contributed by atoms with van der Waals surface area (Å²) in [4.78, 5) is 23.6. The molecule has 1 aromatic rings. The normalized spacial score (nSPS) is 13.5. The van der Waals surface area contributed by atoms with E-state index in [4.69, 9.17) is 0 Å². The Bertz CT molecular complexity index is 547. The van der Waals surface area contributed by atoms with Gasteiger partial charge in [-0.15, -0.1) is 0 Å². The first kappa shape index (κ1) is 19.2. The zero-order chi connectivity index (χ0) is 17.8. The number of amides is 1. The number of carbonyl (C=O) groups is 2. The van der Waals surface area contributed by atoms with Crippen LogP contribution in [0, 0.1) is 5.41 Å². The molecule has 0 radical (unpaired) electrons. The molecule has 4 nitrogen and oxygen atoms in total. The van der Waals surface area contributed by atoms with Gasteiger partial charge in [0.25, 0.3) is 5.91 Å². The van der Waals surface area contributed by atoms with E-state index in [9.17, 15) is 14.7 Å². The summed E-state index contributed by atoms with van der Waals surface area (Å²) in [7, 11) is 0. The van der Waals surface area contributed by atoms with E-state index >= 15 is 0 Å². The molecule has 4 heteroatoms. The SMILES string of the molecule is CC(C)(C)CCC(NC(=O)c1ccc(C(C)(C)C)cc1)C(=O)O. The molecule has 1 amide bonds. The molecule has 1 unspecified atom stereocenters. The van der Waals surface area contributed by atoms with E-state index in [2.05, 4.69) is 46.9 Å². The van der Waals surface area contributed by atoms with Crippen LogP contribution in [0.1, 0.15) is 70.3 Å². The highest BCUT2D eigenvalue weighted by atomic mass is 16.4. The van der Waals surface area contributed by atoms with Gasteiger partial charge in [-0.3, -0.25) is 4.79 Å². The molecule has 1 aromatic carbocycles. The van der Waals surface area contributed by atoms with E-state index in [1.165, 1.54) is 0 Å². The van der Waals surface area contributed by atoms with Crippen LogP contribution in [-0.4, -0.2) is 23.0 Å². The Kier molecular flexibility index (Phi) is 5.98. The number of hydrogen-bond acceptors (Lipinski definition) is 2. The molecule has 0 fully saturated rings. The minimum absolute atomic E-state index is 0.0192. The molecule has 2 N–H and O–H groups in total. The van der Waals surface area contributed by atoms with Gasteiger partial charge >= 0.3 is 5.97 Å². The van der Waals surface area contributed by atoms with Crippen molar-refractivity contribution in [2.45, 2.75) is 65.8 Å². The lowest BCUT2D eigenvalue weighted by Gasteiger charge is -2.22. The minimum atomic E-state index is -0.992. The van der Waals surface area contributed by atoms with Crippen molar-refractivity contribution < 1.29 is 14.7 Å². The Labute approximate surface area is 139 Å². The molecular weight excluding hydrogens is 290 g/mol. The monoisotopic (exact) mass is 319 g/mol. The van der Waals surface area contributed by atoms with Gasteiger partial charge in [0.15, 0.2) is 0 Å². The van der Waals surface area contributed by atoms with E-state index in [0.717, 1.165) is 12.0 Å². The third kappa shape index (κ3) is 6.43. The maximum atomic E-state index is 12.3. The lowest BCUT2D eigenvalue weighted by Crippen LogP contribution is -2.41. The van der Waals surface area contributed by atoms with Crippen LogP contribution in [0.2, 0.25) is 0 Å². The summed E-state index contributed by atoms with van der Waals surface area (Å²) in [5.74, 6) is -1.33. The minimum Gasteiger partial charge on any atom is -0.480 e. The predicted octanol–water partition coefficient (Wildman–Crippen LogP) is 3.99. The lowest BCUT2D eigenvalue weighted by atomic mass is 9.86. The quantitative estimate of drug-likeness (QED) is 0.862. The number of benzene rings is 1. The number of aliphatic carboxylic acids is 1. The Balaban J connectivity index is 2.77. The van der Waals surface area contributed by atoms with Gasteiger partial charge in [0.05, 0.1) is 0 Å². The summed E-state index contributed by atoms with van der Waals surface area (Å²) in [6.07, 6.45) is 1.15. The third-order valence-corrected chi connectivity index (χ3v) is 3.80. The molecule has 23 heavy (non-hydrogen) atoms. The van der Waals surface area contributed by atoms with Crippen molar-refractivity contribution >= 4 is 11.9 Å². The number of carbonyl (C=O) groups excluding carboxylic acids is 1. The van der Waals surface area contributed by atoms with E-state index in [-0.39, 0.29) is 16.7 Å². The van der Waals surface area contributed by atoms with Crippen molar-refractivity contribution in [2.75, 3.05) is 0 Å². The number of hydrogen-bond donors (Lipinski definition) is 2. The van der Waals surface area contributed by atoms with Crippen LogP contribution >= 0.6 is 0 Å². The lowest BCUT2D eigenvalue weighted by molar-refractivity contribution is -0.139. The molecule has 0 aliphatic heterocycles. The molecule has 0 bridgehead atoms. The zero-order valence-corrected chi connectivity index (χ0v) is 15.1. The summed E-state index contributed by atoms with van der Waals surface area (Å²) in [5.41, 5.74) is 1.68. The van der Waals surface area contributed by atoms with Gasteiger partial charge < -0.3 is 10.4 Å². The summed E-state index contributed by atoms with van der Waals surface area (Å²) in [5, 5.41) is 11.9. The molecule has 0 aromatic heterocycles. The van der Waals surface area contributed by atoms with Gasteiger partial charge in [-0.25, -0.2) is 4.79 Å². The summed E-state index contributed by atoms with van der Waals surface area (Å²) in [6, 6.07) is 6.47. The molecule has 0 saturated carbocycles. The number of carboxylic acids is 1. The van der Waals surface area contributed by atoms with Crippen LogP contribution in [0.15, 0.2) is 24.3 Å². The second-order valence-electron chi connectivity index (χ2n) is 8.29. The Hall–Kier alpha value is -1.84. The largest absolute Gasteiger partial charge is 0.480 e. The van der Waals surface area contributed by atoms with Crippen LogP contribution in [0.5, 0.6) is 0 Å². The number of nitrogens with one attached hydrogen (secondary N) is 1.